The number of aryl methyl sites for hydroxylation is 1. The average molecular weight is 258 g/mol. The van der Waals surface area contributed by atoms with Crippen LogP contribution in [-0.4, -0.2) is 23.8 Å². The van der Waals surface area contributed by atoms with Gasteiger partial charge in [0.15, 0.2) is 11.5 Å². The van der Waals surface area contributed by atoms with Crippen molar-refractivity contribution in [2.75, 3.05) is 7.11 Å². The van der Waals surface area contributed by atoms with Gasteiger partial charge in [-0.2, -0.15) is 0 Å². The summed E-state index contributed by atoms with van der Waals surface area (Å²) in [6.07, 6.45) is 2.61. The Kier molecular flexibility index (Phi) is 2.49. The van der Waals surface area contributed by atoms with E-state index in [9.17, 15) is 14.7 Å². The lowest BCUT2D eigenvalue weighted by Gasteiger charge is -2.31. The quantitative estimate of drug-likeness (QED) is 0.832. The fraction of sp³-hybridized carbons (Fsp3) is 0.333. The van der Waals surface area contributed by atoms with Crippen molar-refractivity contribution < 1.29 is 19.4 Å². The Balaban J connectivity index is 2.21. The van der Waals surface area contributed by atoms with Crippen molar-refractivity contribution in [2.24, 2.45) is 0 Å². The van der Waals surface area contributed by atoms with Gasteiger partial charge in [0, 0.05) is 18.1 Å². The number of carbonyl (C=O) groups excluding carboxylic acids is 2. The van der Waals surface area contributed by atoms with Crippen LogP contribution in [0.2, 0.25) is 0 Å². The van der Waals surface area contributed by atoms with Crippen molar-refractivity contribution in [1.29, 1.82) is 0 Å². The molecule has 1 spiro atoms. The number of methoxy groups -OCH3 is 1. The number of phenols is 1. The van der Waals surface area contributed by atoms with E-state index >= 15 is 0 Å². The van der Waals surface area contributed by atoms with Gasteiger partial charge in [-0.15, -0.1) is 0 Å². The third kappa shape index (κ3) is 1.52. The first-order valence-corrected chi connectivity index (χ1v) is 6.23. The van der Waals surface area contributed by atoms with Gasteiger partial charge in [0.05, 0.1) is 12.5 Å². The zero-order chi connectivity index (χ0) is 13.6. The smallest absolute Gasteiger partial charge is 0.208 e. The number of aromatic hydroxyl groups is 1. The first-order valence-electron chi connectivity index (χ1n) is 6.23. The van der Waals surface area contributed by atoms with E-state index in [1.54, 1.807) is 12.1 Å². The maximum absolute atomic E-state index is 12.6. The summed E-state index contributed by atoms with van der Waals surface area (Å²) >= 11 is 0. The van der Waals surface area contributed by atoms with Crippen molar-refractivity contribution in [1.82, 2.24) is 0 Å². The normalized spacial score (nSPS) is 25.4. The van der Waals surface area contributed by atoms with Crippen LogP contribution in [0.1, 0.15) is 24.0 Å². The molecule has 1 atom stereocenters. The Morgan fingerprint density at radius 2 is 2.11 bits per heavy atom. The zero-order valence-corrected chi connectivity index (χ0v) is 10.6. The summed E-state index contributed by atoms with van der Waals surface area (Å²) in [5.74, 6) is -0.150. The lowest BCUT2D eigenvalue weighted by molar-refractivity contribution is -0.130. The minimum atomic E-state index is -0.933. The molecule has 0 saturated carbocycles. The van der Waals surface area contributed by atoms with E-state index < -0.39 is 5.41 Å². The van der Waals surface area contributed by atoms with Crippen LogP contribution in [0.15, 0.2) is 30.0 Å². The SMILES string of the molecule is COC1=CC(=O)C[C@@]2(CCc3cccc(O)c32)C1=O. The third-order valence-corrected chi connectivity index (χ3v) is 4.07. The predicted molar refractivity (Wildman–Crippen MR) is 67.8 cm³/mol. The van der Waals surface area contributed by atoms with E-state index in [0.29, 0.717) is 18.4 Å². The molecule has 0 bridgehead atoms. The number of hydrogen-bond acceptors (Lipinski definition) is 4. The second-order valence-corrected chi connectivity index (χ2v) is 5.08. The van der Waals surface area contributed by atoms with Crippen LogP contribution >= 0.6 is 0 Å². The molecule has 0 heterocycles. The summed E-state index contributed by atoms with van der Waals surface area (Å²) in [5.41, 5.74) is 0.618. The summed E-state index contributed by atoms with van der Waals surface area (Å²) in [5, 5.41) is 10.1. The van der Waals surface area contributed by atoms with Crippen LogP contribution in [0.4, 0.5) is 0 Å². The van der Waals surface area contributed by atoms with Gasteiger partial charge in [0.25, 0.3) is 0 Å². The van der Waals surface area contributed by atoms with Crippen molar-refractivity contribution in [2.45, 2.75) is 24.7 Å². The standard InChI is InChI=1S/C15H14O4/c1-19-12-7-10(16)8-15(14(12)18)6-5-9-3-2-4-11(17)13(9)15/h2-4,7,17H,5-6,8H2,1H3/t15-/m1/s1. The monoisotopic (exact) mass is 258 g/mol. The molecule has 98 valence electrons. The van der Waals surface area contributed by atoms with Crippen LogP contribution < -0.4 is 0 Å². The summed E-state index contributed by atoms with van der Waals surface area (Å²) in [6.45, 7) is 0. The number of fused-ring (bicyclic) bond motifs is 2. The van der Waals surface area contributed by atoms with Crippen LogP contribution in [0.5, 0.6) is 5.75 Å². The molecule has 3 rings (SSSR count). The van der Waals surface area contributed by atoms with Gasteiger partial charge in [0.1, 0.15) is 5.75 Å². The van der Waals surface area contributed by atoms with Gasteiger partial charge in [-0.05, 0) is 24.5 Å². The minimum Gasteiger partial charge on any atom is -0.508 e. The Morgan fingerprint density at radius 1 is 1.32 bits per heavy atom. The molecule has 4 heteroatoms. The van der Waals surface area contributed by atoms with Crippen molar-refractivity contribution >= 4 is 11.6 Å². The number of allylic oxidation sites excluding steroid dienone is 2. The number of ketones is 2. The molecule has 0 fully saturated rings. The third-order valence-electron chi connectivity index (χ3n) is 4.07. The Morgan fingerprint density at radius 3 is 2.84 bits per heavy atom. The maximum Gasteiger partial charge on any atom is 0.208 e. The lowest BCUT2D eigenvalue weighted by Crippen LogP contribution is -2.40. The van der Waals surface area contributed by atoms with E-state index in [1.165, 1.54) is 13.2 Å². The summed E-state index contributed by atoms with van der Waals surface area (Å²) in [7, 11) is 1.39. The number of carbonyl (C=O) groups is 2. The number of benzene rings is 1. The minimum absolute atomic E-state index is 0.0901. The first-order chi connectivity index (χ1) is 9.08. The molecule has 0 aliphatic heterocycles. The molecule has 19 heavy (non-hydrogen) atoms. The molecule has 1 aromatic rings. The zero-order valence-electron chi connectivity index (χ0n) is 10.6. The van der Waals surface area contributed by atoms with Gasteiger partial charge < -0.3 is 9.84 Å². The second-order valence-electron chi connectivity index (χ2n) is 5.08. The molecular weight excluding hydrogens is 244 g/mol. The highest BCUT2D eigenvalue weighted by atomic mass is 16.5. The van der Waals surface area contributed by atoms with E-state index in [4.69, 9.17) is 4.74 Å². The lowest BCUT2D eigenvalue weighted by atomic mass is 9.70. The van der Waals surface area contributed by atoms with Crippen molar-refractivity contribution in [3.63, 3.8) is 0 Å². The molecule has 0 radical (unpaired) electrons. The van der Waals surface area contributed by atoms with Crippen LogP contribution in [-0.2, 0) is 26.2 Å². The van der Waals surface area contributed by atoms with Gasteiger partial charge in [0.2, 0.25) is 5.78 Å². The van der Waals surface area contributed by atoms with Gasteiger partial charge in [-0.25, -0.2) is 0 Å². The predicted octanol–water partition coefficient (Wildman–Crippen LogP) is 1.65. The fourth-order valence-corrected chi connectivity index (χ4v) is 3.25. The van der Waals surface area contributed by atoms with Crippen LogP contribution in [0.3, 0.4) is 0 Å². The Bertz CT molecular complexity index is 615. The maximum atomic E-state index is 12.6. The molecule has 0 saturated heterocycles. The largest absolute Gasteiger partial charge is 0.508 e. The fourth-order valence-electron chi connectivity index (χ4n) is 3.25. The Labute approximate surface area is 110 Å². The van der Waals surface area contributed by atoms with Gasteiger partial charge >= 0.3 is 0 Å². The summed E-state index contributed by atoms with van der Waals surface area (Å²) < 4.78 is 5.02. The topological polar surface area (TPSA) is 63.6 Å². The average Bonchev–Trinajstić information content (AvgIpc) is 2.75. The molecule has 1 aromatic carbocycles. The van der Waals surface area contributed by atoms with Crippen LogP contribution in [0.25, 0.3) is 0 Å². The van der Waals surface area contributed by atoms with Crippen LogP contribution in [0, 0.1) is 0 Å². The molecule has 4 nitrogen and oxygen atoms in total. The van der Waals surface area contributed by atoms with Crippen molar-refractivity contribution in [3.8, 4) is 5.75 Å². The highest BCUT2D eigenvalue weighted by Crippen LogP contribution is 2.49. The summed E-state index contributed by atoms with van der Waals surface area (Å²) in [6, 6.07) is 5.22. The number of Topliss-reactive ketones (excluding diaryl/α,β-unsaturated/α-hetero) is 1. The molecular formula is C15H14O4. The summed E-state index contributed by atoms with van der Waals surface area (Å²) in [4.78, 5) is 24.5. The van der Waals surface area contributed by atoms with Gasteiger partial charge in [-0.1, -0.05) is 12.1 Å². The molecule has 2 aliphatic carbocycles. The number of rotatable bonds is 1. The number of hydrogen-bond donors (Lipinski definition) is 1. The van der Waals surface area contributed by atoms with E-state index in [1.807, 2.05) is 6.07 Å². The second kappa shape index (κ2) is 3.95. The highest BCUT2D eigenvalue weighted by Gasteiger charge is 2.51. The molecule has 2 aliphatic rings. The van der Waals surface area contributed by atoms with E-state index in [0.717, 1.165) is 5.56 Å². The van der Waals surface area contributed by atoms with E-state index in [-0.39, 0.29) is 29.5 Å². The van der Waals surface area contributed by atoms with E-state index in [2.05, 4.69) is 0 Å². The van der Waals surface area contributed by atoms with Gasteiger partial charge in [-0.3, -0.25) is 9.59 Å². The molecule has 1 N–H and O–H groups in total. The molecule has 0 aromatic heterocycles. The first kappa shape index (κ1) is 12.0. The number of phenolic OH excluding ortho intramolecular Hbond substituents is 1. The Hall–Kier alpha value is -2.10. The molecule has 0 amide bonds. The van der Waals surface area contributed by atoms with Crippen molar-refractivity contribution in [3.05, 3.63) is 41.2 Å². The molecule has 0 unspecified atom stereocenters. The number of ether oxygens (including phenoxy) is 1. The highest BCUT2D eigenvalue weighted by molar-refractivity contribution is 6.13.